The number of hydrogen-bond donors (Lipinski definition) is 1. The zero-order valence-electron chi connectivity index (χ0n) is 6.23. The van der Waals surface area contributed by atoms with Gasteiger partial charge in [0.1, 0.15) is 12.0 Å². The van der Waals surface area contributed by atoms with E-state index >= 15 is 0 Å². The van der Waals surface area contributed by atoms with Crippen molar-refractivity contribution >= 4 is 11.6 Å². The molecule has 0 aliphatic rings. The van der Waals surface area contributed by atoms with Gasteiger partial charge in [0.25, 0.3) is 0 Å². The molecule has 66 valence electrons. The van der Waals surface area contributed by atoms with E-state index in [9.17, 15) is 8.78 Å². The van der Waals surface area contributed by atoms with E-state index in [-0.39, 0.29) is 17.1 Å². The summed E-state index contributed by atoms with van der Waals surface area (Å²) in [6.07, 6.45) is -1.40. The van der Waals surface area contributed by atoms with Crippen LogP contribution in [0.4, 0.5) is 8.78 Å². The van der Waals surface area contributed by atoms with Gasteiger partial charge >= 0.3 is 0 Å². The summed E-state index contributed by atoms with van der Waals surface area (Å²) in [7, 11) is 0. The van der Waals surface area contributed by atoms with Gasteiger partial charge in [0.05, 0.1) is 0 Å². The van der Waals surface area contributed by atoms with Gasteiger partial charge in [0.15, 0.2) is 0 Å². The highest BCUT2D eigenvalue weighted by atomic mass is 35.5. The van der Waals surface area contributed by atoms with Crippen LogP contribution in [0.15, 0.2) is 18.2 Å². The second kappa shape index (κ2) is 3.83. The molecule has 0 bridgehead atoms. The Kier molecular flexibility index (Phi) is 3.00. The minimum absolute atomic E-state index is 0.110. The van der Waals surface area contributed by atoms with Gasteiger partial charge in [-0.3, -0.25) is 0 Å². The van der Waals surface area contributed by atoms with Crippen LogP contribution >= 0.6 is 11.6 Å². The second-order valence-electron chi connectivity index (χ2n) is 2.37. The highest BCUT2D eigenvalue weighted by Crippen LogP contribution is 2.25. The quantitative estimate of drug-likeness (QED) is 0.764. The Morgan fingerprint density at radius 3 is 2.75 bits per heavy atom. The third-order valence-corrected chi connectivity index (χ3v) is 1.85. The number of hydrogen-bond acceptors (Lipinski definition) is 1. The normalized spacial score (nSPS) is 13.0. The van der Waals surface area contributed by atoms with Gasteiger partial charge in [0, 0.05) is 17.1 Å². The maximum atomic E-state index is 12.9. The molecule has 0 fully saturated rings. The van der Waals surface area contributed by atoms with Crippen molar-refractivity contribution < 1.29 is 8.78 Å². The van der Waals surface area contributed by atoms with Crippen LogP contribution in [0.25, 0.3) is 0 Å². The molecule has 0 aromatic heterocycles. The van der Waals surface area contributed by atoms with Crippen molar-refractivity contribution in [3.05, 3.63) is 34.6 Å². The average molecular weight is 192 g/mol. The molecule has 0 aliphatic heterocycles. The average Bonchev–Trinajstić information content (AvgIpc) is 2.08. The molecular weight excluding hydrogens is 184 g/mol. The molecular formula is C8H8ClF2N. The molecule has 0 aliphatic carbocycles. The highest BCUT2D eigenvalue weighted by Gasteiger charge is 2.11. The lowest BCUT2D eigenvalue weighted by Gasteiger charge is -2.07. The van der Waals surface area contributed by atoms with Gasteiger partial charge < -0.3 is 5.73 Å². The molecule has 0 spiro atoms. The first-order valence-electron chi connectivity index (χ1n) is 3.44. The maximum absolute atomic E-state index is 12.9. The van der Waals surface area contributed by atoms with Gasteiger partial charge in [-0.05, 0) is 18.2 Å². The van der Waals surface area contributed by atoms with Crippen molar-refractivity contribution in [2.24, 2.45) is 5.73 Å². The summed E-state index contributed by atoms with van der Waals surface area (Å²) in [5, 5.41) is 0.203. The molecule has 1 atom stereocenters. The Morgan fingerprint density at radius 1 is 1.50 bits per heavy atom. The largest absolute Gasteiger partial charge is 0.327 e. The minimum atomic E-state index is -1.40. The van der Waals surface area contributed by atoms with Gasteiger partial charge in [-0.15, -0.1) is 0 Å². The van der Waals surface area contributed by atoms with Gasteiger partial charge in [-0.2, -0.15) is 0 Å². The molecule has 1 nitrogen and oxygen atoms in total. The fourth-order valence-corrected chi connectivity index (χ4v) is 1.12. The minimum Gasteiger partial charge on any atom is -0.327 e. The molecule has 1 aromatic rings. The van der Waals surface area contributed by atoms with Gasteiger partial charge in [0.2, 0.25) is 0 Å². The second-order valence-corrected chi connectivity index (χ2v) is 2.78. The summed E-state index contributed by atoms with van der Waals surface area (Å²) in [5.74, 6) is -0.509. The van der Waals surface area contributed by atoms with Crippen molar-refractivity contribution in [3.8, 4) is 0 Å². The Hall–Kier alpha value is -0.670. The van der Waals surface area contributed by atoms with Crippen molar-refractivity contribution in [2.75, 3.05) is 6.54 Å². The molecule has 12 heavy (non-hydrogen) atoms. The lowest BCUT2D eigenvalue weighted by Crippen LogP contribution is -2.08. The summed E-state index contributed by atoms with van der Waals surface area (Å²) >= 11 is 5.61. The monoisotopic (exact) mass is 191 g/mol. The first-order valence-corrected chi connectivity index (χ1v) is 3.82. The van der Waals surface area contributed by atoms with Crippen LogP contribution in [-0.4, -0.2) is 6.54 Å². The molecule has 1 unspecified atom stereocenters. The number of benzene rings is 1. The first kappa shape index (κ1) is 9.42. The van der Waals surface area contributed by atoms with Crippen LogP contribution in [0.5, 0.6) is 0 Å². The first-order chi connectivity index (χ1) is 5.65. The predicted molar refractivity (Wildman–Crippen MR) is 44.3 cm³/mol. The Balaban J connectivity index is 3.04. The molecule has 0 amide bonds. The van der Waals surface area contributed by atoms with Gasteiger partial charge in [-0.25, -0.2) is 8.78 Å². The maximum Gasteiger partial charge on any atom is 0.139 e. The smallest absolute Gasteiger partial charge is 0.139 e. The summed E-state index contributed by atoms with van der Waals surface area (Å²) in [6.45, 7) is -0.191. The Morgan fingerprint density at radius 2 is 2.17 bits per heavy atom. The van der Waals surface area contributed by atoms with E-state index in [2.05, 4.69) is 0 Å². The van der Waals surface area contributed by atoms with E-state index < -0.39 is 12.0 Å². The van der Waals surface area contributed by atoms with Crippen LogP contribution in [0.3, 0.4) is 0 Å². The van der Waals surface area contributed by atoms with Crippen LogP contribution < -0.4 is 5.73 Å². The molecule has 0 radical (unpaired) electrons. The fourth-order valence-electron chi connectivity index (χ4n) is 0.882. The predicted octanol–water partition coefficient (Wildman–Crippen LogP) is 2.45. The summed E-state index contributed by atoms with van der Waals surface area (Å²) in [6, 6.07) is 3.55. The molecule has 2 N–H and O–H groups in total. The van der Waals surface area contributed by atoms with E-state index in [0.29, 0.717) is 0 Å². The van der Waals surface area contributed by atoms with Gasteiger partial charge in [-0.1, -0.05) is 11.6 Å². The van der Waals surface area contributed by atoms with Crippen LogP contribution in [0.1, 0.15) is 11.7 Å². The summed E-state index contributed by atoms with van der Waals surface area (Å²) < 4.78 is 25.5. The van der Waals surface area contributed by atoms with E-state index in [1.807, 2.05) is 0 Å². The molecule has 0 saturated heterocycles. The summed E-state index contributed by atoms with van der Waals surface area (Å²) in [4.78, 5) is 0. The number of halogens is 3. The number of nitrogens with two attached hydrogens (primary N) is 1. The fraction of sp³-hybridized carbons (Fsp3) is 0.250. The molecule has 0 saturated carbocycles. The van der Waals surface area contributed by atoms with E-state index in [4.69, 9.17) is 17.3 Å². The lowest BCUT2D eigenvalue weighted by atomic mass is 10.1. The number of rotatable bonds is 2. The Labute approximate surface area is 74.1 Å². The third kappa shape index (κ3) is 1.93. The standard InChI is InChI=1S/C8H8ClF2N/c9-7-2-1-5(10)3-6(7)8(11)4-12/h1-3,8H,4,12H2. The molecule has 1 aromatic carbocycles. The highest BCUT2D eigenvalue weighted by molar-refractivity contribution is 6.31. The van der Waals surface area contributed by atoms with Crippen LogP contribution in [-0.2, 0) is 0 Å². The number of alkyl halides is 1. The van der Waals surface area contributed by atoms with Crippen molar-refractivity contribution in [1.29, 1.82) is 0 Å². The summed E-state index contributed by atoms with van der Waals surface area (Å²) in [5.41, 5.74) is 5.18. The Bertz CT molecular complexity index is 278. The lowest BCUT2D eigenvalue weighted by molar-refractivity contribution is 0.352. The van der Waals surface area contributed by atoms with E-state index in [1.54, 1.807) is 0 Å². The third-order valence-electron chi connectivity index (χ3n) is 1.50. The van der Waals surface area contributed by atoms with Crippen molar-refractivity contribution in [2.45, 2.75) is 6.17 Å². The van der Waals surface area contributed by atoms with Crippen LogP contribution in [0.2, 0.25) is 5.02 Å². The molecule has 4 heteroatoms. The van der Waals surface area contributed by atoms with Crippen LogP contribution in [0, 0.1) is 5.82 Å². The van der Waals surface area contributed by atoms with E-state index in [0.717, 1.165) is 6.07 Å². The van der Waals surface area contributed by atoms with E-state index in [1.165, 1.54) is 12.1 Å². The zero-order valence-corrected chi connectivity index (χ0v) is 6.98. The molecule has 1 rings (SSSR count). The topological polar surface area (TPSA) is 26.0 Å². The zero-order chi connectivity index (χ0) is 9.14. The van der Waals surface area contributed by atoms with Crippen molar-refractivity contribution in [1.82, 2.24) is 0 Å². The van der Waals surface area contributed by atoms with Crippen molar-refractivity contribution in [3.63, 3.8) is 0 Å². The SMILES string of the molecule is NCC(F)c1cc(F)ccc1Cl. The molecule has 0 heterocycles.